The second-order valence-corrected chi connectivity index (χ2v) is 6.91. The number of esters is 1. The Morgan fingerprint density at radius 1 is 1.00 bits per heavy atom. The summed E-state index contributed by atoms with van der Waals surface area (Å²) in [5, 5.41) is 0. The zero-order valence-corrected chi connectivity index (χ0v) is 16.0. The van der Waals surface area contributed by atoms with Gasteiger partial charge in [0.15, 0.2) is 0 Å². The van der Waals surface area contributed by atoms with Crippen LogP contribution in [0.2, 0.25) is 0 Å². The van der Waals surface area contributed by atoms with E-state index in [9.17, 15) is 4.79 Å². The van der Waals surface area contributed by atoms with Crippen molar-refractivity contribution in [3.63, 3.8) is 0 Å². The largest absolute Gasteiger partial charge is 0.466 e. The zero-order chi connectivity index (χ0) is 18.8. The molecule has 1 unspecified atom stereocenters. The van der Waals surface area contributed by atoms with Crippen LogP contribution in [0.15, 0.2) is 61.2 Å². The highest BCUT2D eigenvalue weighted by Crippen LogP contribution is 2.31. The Morgan fingerprint density at radius 2 is 1.69 bits per heavy atom. The van der Waals surface area contributed by atoms with Crippen molar-refractivity contribution in [3.8, 4) is 0 Å². The van der Waals surface area contributed by atoms with Crippen molar-refractivity contribution in [3.05, 3.63) is 77.9 Å². The summed E-state index contributed by atoms with van der Waals surface area (Å²) in [6, 6.07) is 18.6. The van der Waals surface area contributed by atoms with Crippen LogP contribution in [0.25, 0.3) is 5.57 Å². The molecule has 1 atom stereocenters. The summed E-state index contributed by atoms with van der Waals surface area (Å²) in [5.74, 6) is -0.0321. The number of ether oxygens (including phenoxy) is 1. The smallest absolute Gasteiger partial charge is 0.306 e. The average Bonchev–Trinajstić information content (AvgIpc) is 2.66. The molecule has 2 heteroatoms. The van der Waals surface area contributed by atoms with E-state index in [0.717, 1.165) is 42.4 Å². The quantitative estimate of drug-likeness (QED) is 0.371. The number of benzene rings is 2. The van der Waals surface area contributed by atoms with Gasteiger partial charge in [0.05, 0.1) is 13.0 Å². The standard InChI is InChI=1S/C24H30O2/c1-4-5-9-16-26-24(25)18-23(22-10-7-6-8-11-22)17-20(3)21-14-12-19(2)13-15-21/h6-8,10-15,23H,3-5,9,16-18H2,1-2H3. The van der Waals surface area contributed by atoms with E-state index < -0.39 is 0 Å². The van der Waals surface area contributed by atoms with Crippen LogP contribution >= 0.6 is 0 Å². The maximum atomic E-state index is 12.3. The summed E-state index contributed by atoms with van der Waals surface area (Å²) in [5.41, 5.74) is 4.58. The van der Waals surface area contributed by atoms with E-state index in [1.165, 1.54) is 5.56 Å². The monoisotopic (exact) mass is 350 g/mol. The van der Waals surface area contributed by atoms with Gasteiger partial charge in [-0.15, -0.1) is 0 Å². The van der Waals surface area contributed by atoms with Crippen molar-refractivity contribution in [1.82, 2.24) is 0 Å². The highest BCUT2D eigenvalue weighted by Gasteiger charge is 2.18. The molecule has 2 aromatic carbocycles. The van der Waals surface area contributed by atoms with Crippen LogP contribution in [-0.2, 0) is 9.53 Å². The molecule has 0 N–H and O–H groups in total. The molecule has 0 saturated carbocycles. The predicted molar refractivity (Wildman–Crippen MR) is 109 cm³/mol. The number of unbranched alkanes of at least 4 members (excludes halogenated alkanes) is 2. The molecule has 0 aliphatic carbocycles. The third-order valence-electron chi connectivity index (χ3n) is 4.65. The van der Waals surface area contributed by atoms with Gasteiger partial charge >= 0.3 is 5.97 Å². The molecule has 0 amide bonds. The van der Waals surface area contributed by atoms with Crippen molar-refractivity contribution >= 4 is 11.5 Å². The van der Waals surface area contributed by atoms with Crippen LogP contribution < -0.4 is 0 Å². The number of aryl methyl sites for hydroxylation is 1. The third-order valence-corrected chi connectivity index (χ3v) is 4.65. The van der Waals surface area contributed by atoms with Crippen molar-refractivity contribution in [2.75, 3.05) is 6.61 Å². The first kappa shape index (κ1) is 20.0. The zero-order valence-electron chi connectivity index (χ0n) is 16.0. The number of hydrogen-bond acceptors (Lipinski definition) is 2. The van der Waals surface area contributed by atoms with Gasteiger partial charge < -0.3 is 4.74 Å². The number of carbonyl (C=O) groups excluding carboxylic acids is 1. The van der Waals surface area contributed by atoms with Gasteiger partial charge in [-0.1, -0.05) is 86.5 Å². The lowest BCUT2D eigenvalue weighted by Crippen LogP contribution is -2.12. The molecule has 0 aromatic heterocycles. The molecule has 0 aliphatic rings. The maximum Gasteiger partial charge on any atom is 0.306 e. The van der Waals surface area contributed by atoms with E-state index in [0.29, 0.717) is 13.0 Å². The molecule has 0 heterocycles. The van der Waals surface area contributed by atoms with E-state index in [2.05, 4.69) is 56.8 Å². The molecule has 0 radical (unpaired) electrons. The fourth-order valence-electron chi connectivity index (χ4n) is 3.04. The summed E-state index contributed by atoms with van der Waals surface area (Å²) in [6.45, 7) is 9.00. The summed E-state index contributed by atoms with van der Waals surface area (Å²) in [4.78, 5) is 12.3. The first-order valence-electron chi connectivity index (χ1n) is 9.55. The Bertz CT molecular complexity index is 686. The lowest BCUT2D eigenvalue weighted by atomic mass is 9.87. The normalized spacial score (nSPS) is 11.8. The van der Waals surface area contributed by atoms with Crippen LogP contribution in [0.1, 0.15) is 61.6 Å². The number of allylic oxidation sites excluding steroid dienone is 1. The molecule has 0 saturated heterocycles. The fraction of sp³-hybridized carbons (Fsp3) is 0.375. The van der Waals surface area contributed by atoms with Gasteiger partial charge in [0.2, 0.25) is 0 Å². The van der Waals surface area contributed by atoms with Gasteiger partial charge in [-0.25, -0.2) is 0 Å². The van der Waals surface area contributed by atoms with E-state index in [1.807, 2.05) is 18.2 Å². The van der Waals surface area contributed by atoms with E-state index >= 15 is 0 Å². The SMILES string of the molecule is C=C(CC(CC(=O)OCCCCC)c1ccccc1)c1ccc(C)cc1. The van der Waals surface area contributed by atoms with Crippen LogP contribution in [0, 0.1) is 6.92 Å². The summed E-state index contributed by atoms with van der Waals surface area (Å²) >= 11 is 0. The first-order valence-corrected chi connectivity index (χ1v) is 9.55. The molecular formula is C24H30O2. The van der Waals surface area contributed by atoms with Gasteiger partial charge in [-0.3, -0.25) is 4.79 Å². The van der Waals surface area contributed by atoms with Crippen molar-refractivity contribution in [2.45, 2.75) is 51.9 Å². The van der Waals surface area contributed by atoms with Gasteiger partial charge in [0.25, 0.3) is 0 Å². The summed E-state index contributed by atoms with van der Waals surface area (Å²) in [6.07, 6.45) is 4.30. The Hall–Kier alpha value is -2.35. The Balaban J connectivity index is 2.03. The minimum absolute atomic E-state index is 0.0867. The second kappa shape index (κ2) is 10.6. The van der Waals surface area contributed by atoms with Gasteiger partial charge in [0.1, 0.15) is 0 Å². The summed E-state index contributed by atoms with van der Waals surface area (Å²) in [7, 11) is 0. The van der Waals surface area contributed by atoms with Crippen LogP contribution in [0.5, 0.6) is 0 Å². The molecule has 26 heavy (non-hydrogen) atoms. The highest BCUT2D eigenvalue weighted by molar-refractivity contribution is 5.72. The van der Waals surface area contributed by atoms with Crippen molar-refractivity contribution < 1.29 is 9.53 Å². The topological polar surface area (TPSA) is 26.3 Å². The van der Waals surface area contributed by atoms with E-state index in [4.69, 9.17) is 4.74 Å². The maximum absolute atomic E-state index is 12.3. The van der Waals surface area contributed by atoms with Crippen LogP contribution in [-0.4, -0.2) is 12.6 Å². The molecule has 0 bridgehead atoms. The third kappa shape index (κ3) is 6.51. The molecule has 2 aromatic rings. The number of hydrogen-bond donors (Lipinski definition) is 0. The highest BCUT2D eigenvalue weighted by atomic mass is 16.5. The fourth-order valence-corrected chi connectivity index (χ4v) is 3.04. The minimum atomic E-state index is -0.119. The predicted octanol–water partition coefficient (Wildman–Crippen LogP) is 6.31. The van der Waals surface area contributed by atoms with Gasteiger partial charge in [-0.2, -0.15) is 0 Å². The molecule has 0 spiro atoms. The summed E-state index contributed by atoms with van der Waals surface area (Å²) < 4.78 is 5.43. The van der Waals surface area contributed by atoms with Crippen molar-refractivity contribution in [1.29, 1.82) is 0 Å². The van der Waals surface area contributed by atoms with Crippen LogP contribution in [0.3, 0.4) is 0 Å². The Labute approximate surface area is 157 Å². The lowest BCUT2D eigenvalue weighted by molar-refractivity contribution is -0.144. The van der Waals surface area contributed by atoms with Crippen molar-refractivity contribution in [2.24, 2.45) is 0 Å². The molecule has 2 nitrogen and oxygen atoms in total. The van der Waals surface area contributed by atoms with Gasteiger partial charge in [0, 0.05) is 0 Å². The van der Waals surface area contributed by atoms with E-state index in [1.54, 1.807) is 0 Å². The average molecular weight is 351 g/mol. The first-order chi connectivity index (χ1) is 12.6. The lowest BCUT2D eigenvalue weighted by Gasteiger charge is -2.18. The molecule has 138 valence electrons. The minimum Gasteiger partial charge on any atom is -0.466 e. The van der Waals surface area contributed by atoms with Gasteiger partial charge in [-0.05, 0) is 42.4 Å². The van der Waals surface area contributed by atoms with Crippen LogP contribution in [0.4, 0.5) is 0 Å². The molecular weight excluding hydrogens is 320 g/mol. The molecule has 0 aliphatic heterocycles. The second-order valence-electron chi connectivity index (χ2n) is 6.91. The molecule has 0 fully saturated rings. The van der Waals surface area contributed by atoms with E-state index in [-0.39, 0.29) is 11.9 Å². The number of rotatable bonds is 10. The number of carbonyl (C=O) groups is 1. The molecule has 2 rings (SSSR count). The Morgan fingerprint density at radius 3 is 2.35 bits per heavy atom. The Kier molecular flexibility index (Phi) is 8.14.